The van der Waals surface area contributed by atoms with Crippen LogP contribution in [0.2, 0.25) is 0 Å². The Bertz CT molecular complexity index is 1110. The van der Waals surface area contributed by atoms with Crippen LogP contribution in [-0.4, -0.2) is 35.7 Å². The first-order valence-corrected chi connectivity index (χ1v) is 10.6. The van der Waals surface area contributed by atoms with Gasteiger partial charge in [0.1, 0.15) is 0 Å². The van der Waals surface area contributed by atoms with Crippen molar-refractivity contribution in [2.45, 2.75) is 19.4 Å². The molecular weight excluding hydrogens is 402 g/mol. The molecule has 0 unspecified atom stereocenters. The van der Waals surface area contributed by atoms with Crippen molar-refractivity contribution in [1.82, 2.24) is 10.2 Å². The number of benzene rings is 2. The van der Waals surface area contributed by atoms with E-state index in [-0.39, 0.29) is 43.7 Å². The van der Waals surface area contributed by atoms with Crippen molar-refractivity contribution in [2.24, 2.45) is 0 Å². The van der Waals surface area contributed by atoms with Gasteiger partial charge in [0.2, 0.25) is 11.8 Å². The molecule has 0 atom stereocenters. The SMILES string of the molecule is C=C1C=CC(=O)N1CCC(=O)NCCC(=O)N1Cc2ccccc2/C=C\c2ccccc21. The third kappa shape index (κ3) is 4.70. The highest BCUT2D eigenvalue weighted by Crippen LogP contribution is 2.29. The zero-order valence-corrected chi connectivity index (χ0v) is 17.8. The van der Waals surface area contributed by atoms with Crippen molar-refractivity contribution < 1.29 is 14.4 Å². The molecule has 4 rings (SSSR count). The quantitative estimate of drug-likeness (QED) is 0.767. The van der Waals surface area contributed by atoms with Crippen molar-refractivity contribution in [3.63, 3.8) is 0 Å². The first-order chi connectivity index (χ1) is 15.5. The van der Waals surface area contributed by atoms with Crippen LogP contribution < -0.4 is 10.2 Å². The van der Waals surface area contributed by atoms with Gasteiger partial charge < -0.3 is 15.1 Å². The highest BCUT2D eigenvalue weighted by Gasteiger charge is 2.22. The highest BCUT2D eigenvalue weighted by molar-refractivity contribution is 5.97. The molecule has 32 heavy (non-hydrogen) atoms. The molecule has 3 amide bonds. The molecule has 2 aromatic carbocycles. The molecule has 0 radical (unpaired) electrons. The van der Waals surface area contributed by atoms with Crippen LogP contribution in [0.25, 0.3) is 12.2 Å². The molecule has 0 aliphatic carbocycles. The molecule has 0 bridgehead atoms. The number of anilines is 1. The topological polar surface area (TPSA) is 69.7 Å². The van der Waals surface area contributed by atoms with E-state index in [1.54, 1.807) is 11.0 Å². The van der Waals surface area contributed by atoms with Crippen molar-refractivity contribution in [2.75, 3.05) is 18.0 Å². The largest absolute Gasteiger partial charge is 0.356 e. The Hall–Kier alpha value is -3.93. The lowest BCUT2D eigenvalue weighted by molar-refractivity contribution is -0.124. The number of allylic oxidation sites excluding steroid dienone is 1. The van der Waals surface area contributed by atoms with Gasteiger partial charge in [-0.15, -0.1) is 0 Å². The van der Waals surface area contributed by atoms with Crippen LogP contribution in [0.5, 0.6) is 0 Å². The highest BCUT2D eigenvalue weighted by atomic mass is 16.2. The molecule has 2 aliphatic heterocycles. The number of hydrogen-bond donors (Lipinski definition) is 1. The van der Waals surface area contributed by atoms with Crippen LogP contribution in [0.1, 0.15) is 29.5 Å². The van der Waals surface area contributed by atoms with Gasteiger partial charge in [-0.2, -0.15) is 0 Å². The summed E-state index contributed by atoms with van der Waals surface area (Å²) in [6, 6.07) is 15.8. The van der Waals surface area contributed by atoms with Crippen molar-refractivity contribution in [3.8, 4) is 0 Å². The van der Waals surface area contributed by atoms with Gasteiger partial charge in [0.25, 0.3) is 5.91 Å². The first kappa shape index (κ1) is 21.3. The minimum atomic E-state index is -0.202. The van der Waals surface area contributed by atoms with Crippen LogP contribution in [0.3, 0.4) is 0 Å². The number of carbonyl (C=O) groups excluding carboxylic acids is 3. The summed E-state index contributed by atoms with van der Waals surface area (Å²) in [7, 11) is 0. The van der Waals surface area contributed by atoms with Crippen molar-refractivity contribution in [3.05, 3.63) is 89.6 Å². The summed E-state index contributed by atoms with van der Waals surface area (Å²) in [4.78, 5) is 40.3. The lowest BCUT2D eigenvalue weighted by Crippen LogP contribution is -2.36. The predicted molar refractivity (Wildman–Crippen MR) is 125 cm³/mol. The van der Waals surface area contributed by atoms with Crippen LogP contribution in [-0.2, 0) is 20.9 Å². The lowest BCUT2D eigenvalue weighted by Gasteiger charge is -2.27. The van der Waals surface area contributed by atoms with Gasteiger partial charge in [-0.25, -0.2) is 0 Å². The Balaban J connectivity index is 1.37. The molecule has 6 heteroatoms. The molecule has 2 heterocycles. The third-order valence-corrected chi connectivity index (χ3v) is 5.61. The summed E-state index contributed by atoms with van der Waals surface area (Å²) < 4.78 is 0. The normalized spacial score (nSPS) is 15.6. The van der Waals surface area contributed by atoms with Crippen molar-refractivity contribution >= 4 is 35.6 Å². The zero-order valence-electron chi connectivity index (χ0n) is 17.8. The zero-order chi connectivity index (χ0) is 22.5. The summed E-state index contributed by atoms with van der Waals surface area (Å²) in [5.74, 6) is -0.426. The van der Waals surface area contributed by atoms with E-state index in [1.807, 2.05) is 54.6 Å². The van der Waals surface area contributed by atoms with Gasteiger partial charge in [0, 0.05) is 37.7 Å². The Morgan fingerprint density at radius 2 is 1.62 bits per heavy atom. The third-order valence-electron chi connectivity index (χ3n) is 5.61. The molecule has 1 N–H and O–H groups in total. The minimum Gasteiger partial charge on any atom is -0.356 e. The number of nitrogens with one attached hydrogen (secondary N) is 1. The minimum absolute atomic E-state index is 0.0600. The van der Waals surface area contributed by atoms with E-state index in [0.717, 1.165) is 22.4 Å². The average molecular weight is 428 g/mol. The summed E-state index contributed by atoms with van der Waals surface area (Å²) in [6.07, 6.45) is 7.51. The van der Waals surface area contributed by atoms with E-state index >= 15 is 0 Å². The number of rotatable bonds is 6. The Morgan fingerprint density at radius 1 is 0.906 bits per heavy atom. The second kappa shape index (κ2) is 9.47. The van der Waals surface area contributed by atoms with E-state index in [0.29, 0.717) is 12.2 Å². The van der Waals surface area contributed by atoms with Crippen molar-refractivity contribution in [1.29, 1.82) is 0 Å². The average Bonchev–Trinajstić information content (AvgIpc) is 3.11. The smallest absolute Gasteiger partial charge is 0.251 e. The predicted octanol–water partition coefficient (Wildman–Crippen LogP) is 3.51. The number of para-hydroxylation sites is 1. The fourth-order valence-corrected chi connectivity index (χ4v) is 3.86. The van der Waals surface area contributed by atoms with E-state index in [9.17, 15) is 14.4 Å². The number of carbonyl (C=O) groups is 3. The van der Waals surface area contributed by atoms with Crippen LogP contribution in [0.15, 0.2) is 73.0 Å². The summed E-state index contributed by atoms with van der Waals surface area (Å²) in [5.41, 5.74) is 4.57. The van der Waals surface area contributed by atoms with Gasteiger partial charge in [-0.1, -0.05) is 61.2 Å². The summed E-state index contributed by atoms with van der Waals surface area (Å²) >= 11 is 0. The molecule has 0 fully saturated rings. The monoisotopic (exact) mass is 427 g/mol. The number of nitrogens with zero attached hydrogens (tertiary/aromatic N) is 2. The number of hydrogen-bond acceptors (Lipinski definition) is 3. The van der Waals surface area contributed by atoms with Gasteiger partial charge in [0.05, 0.1) is 12.2 Å². The maximum atomic E-state index is 13.1. The molecule has 2 aliphatic rings. The molecule has 2 aromatic rings. The number of fused-ring (bicyclic) bond motifs is 2. The number of amides is 3. The first-order valence-electron chi connectivity index (χ1n) is 10.6. The Kier molecular flexibility index (Phi) is 6.31. The summed E-state index contributed by atoms with van der Waals surface area (Å²) in [6.45, 7) is 4.76. The van der Waals surface area contributed by atoms with Gasteiger partial charge in [0.15, 0.2) is 0 Å². The van der Waals surface area contributed by atoms with Gasteiger partial charge >= 0.3 is 0 Å². The second-order valence-electron chi connectivity index (χ2n) is 7.74. The molecule has 0 saturated carbocycles. The Labute approximate surface area is 187 Å². The van der Waals surface area contributed by atoms with E-state index in [2.05, 4.69) is 18.0 Å². The molecular formula is C26H25N3O3. The Morgan fingerprint density at radius 3 is 2.41 bits per heavy atom. The molecule has 0 saturated heterocycles. The lowest BCUT2D eigenvalue weighted by atomic mass is 10.0. The molecule has 6 nitrogen and oxygen atoms in total. The van der Waals surface area contributed by atoms with Crippen LogP contribution in [0.4, 0.5) is 5.69 Å². The van der Waals surface area contributed by atoms with Crippen LogP contribution >= 0.6 is 0 Å². The fraction of sp³-hybridized carbons (Fsp3) is 0.192. The van der Waals surface area contributed by atoms with Gasteiger partial charge in [-0.3, -0.25) is 14.4 Å². The maximum Gasteiger partial charge on any atom is 0.251 e. The summed E-state index contributed by atoms with van der Waals surface area (Å²) in [5, 5.41) is 2.79. The molecule has 162 valence electrons. The van der Waals surface area contributed by atoms with Gasteiger partial charge in [-0.05, 0) is 28.8 Å². The molecule has 0 aromatic heterocycles. The van der Waals surface area contributed by atoms with E-state index < -0.39 is 0 Å². The molecule has 0 spiro atoms. The van der Waals surface area contributed by atoms with Crippen LogP contribution in [0, 0.1) is 0 Å². The standard InChI is InChI=1S/C26H25N3O3/c1-19-10-13-25(31)28(19)17-15-24(30)27-16-14-26(32)29-18-22-8-3-2-6-20(22)11-12-21-7-4-5-9-23(21)29/h2-13H,1,14-18H2,(H,27,30)/b12-11-. The van der Waals surface area contributed by atoms with E-state index in [1.165, 1.54) is 11.0 Å². The maximum absolute atomic E-state index is 13.1. The van der Waals surface area contributed by atoms with E-state index in [4.69, 9.17) is 0 Å². The second-order valence-corrected chi connectivity index (χ2v) is 7.74. The fourth-order valence-electron chi connectivity index (χ4n) is 3.86.